The number of hydrogen-bond donors (Lipinski definition) is 2. The Morgan fingerprint density at radius 1 is 1.32 bits per heavy atom. The average Bonchev–Trinajstić information content (AvgIpc) is 2.34. The highest BCUT2D eigenvalue weighted by Crippen LogP contribution is 2.29. The lowest BCUT2D eigenvalue weighted by atomic mass is 10.1. The lowest BCUT2D eigenvalue weighted by Gasteiger charge is -2.21. The zero-order valence-corrected chi connectivity index (χ0v) is 15.4. The molecule has 3 N–H and O–H groups in total. The number of guanidine groups is 1. The van der Waals surface area contributed by atoms with Crippen molar-refractivity contribution in [1.82, 2.24) is 5.32 Å². The first-order valence-electron chi connectivity index (χ1n) is 6.41. The lowest BCUT2D eigenvalue weighted by Crippen LogP contribution is -2.44. The van der Waals surface area contributed by atoms with Gasteiger partial charge in [0, 0.05) is 5.54 Å². The summed E-state index contributed by atoms with van der Waals surface area (Å²) in [6.45, 7) is 3.20. The third-order valence-corrected chi connectivity index (χ3v) is 2.38. The molecular weight excluding hydrogens is 407 g/mol. The number of rotatable bonds is 5. The molecule has 0 radical (unpaired) electrons. The van der Waals surface area contributed by atoms with Crippen molar-refractivity contribution in [1.29, 1.82) is 0 Å². The summed E-state index contributed by atoms with van der Waals surface area (Å²) >= 11 is 0. The third kappa shape index (κ3) is 7.62. The van der Waals surface area contributed by atoms with Crippen LogP contribution >= 0.6 is 24.0 Å². The van der Waals surface area contributed by atoms with Crippen LogP contribution in [-0.2, 0) is 6.54 Å². The van der Waals surface area contributed by atoms with Gasteiger partial charge in [-0.3, -0.25) is 0 Å². The molecule has 0 spiro atoms. The van der Waals surface area contributed by atoms with Crippen LogP contribution in [0.4, 0.5) is 8.78 Å². The smallest absolute Gasteiger partial charge is 0.387 e. The maximum absolute atomic E-state index is 12.3. The standard InChI is InChI=1S/C14H21F2N3O2.HI/c1-14(2,3)19-13(17)18-8-9-5-6-10(20-4)11(7-9)21-12(15)16;/h5-7,12H,8H2,1-4H3,(H3,17,18,19);1H. The molecule has 22 heavy (non-hydrogen) atoms. The predicted octanol–water partition coefficient (Wildman–Crippen LogP) is 3.12. The van der Waals surface area contributed by atoms with Gasteiger partial charge in [-0.25, -0.2) is 4.99 Å². The van der Waals surface area contributed by atoms with Crippen molar-refractivity contribution in [2.24, 2.45) is 10.7 Å². The van der Waals surface area contributed by atoms with Crippen LogP contribution in [0.25, 0.3) is 0 Å². The molecule has 0 fully saturated rings. The quantitative estimate of drug-likeness (QED) is 0.429. The monoisotopic (exact) mass is 429 g/mol. The van der Waals surface area contributed by atoms with E-state index in [1.54, 1.807) is 12.1 Å². The second-order valence-corrected chi connectivity index (χ2v) is 5.44. The van der Waals surface area contributed by atoms with E-state index in [1.807, 2.05) is 20.8 Å². The summed E-state index contributed by atoms with van der Waals surface area (Å²) < 4.78 is 34.0. The lowest BCUT2D eigenvalue weighted by molar-refractivity contribution is -0.0512. The Morgan fingerprint density at radius 2 is 1.95 bits per heavy atom. The van der Waals surface area contributed by atoms with Gasteiger partial charge in [0.1, 0.15) is 0 Å². The third-order valence-electron chi connectivity index (χ3n) is 2.38. The van der Waals surface area contributed by atoms with E-state index in [2.05, 4.69) is 15.0 Å². The highest BCUT2D eigenvalue weighted by atomic mass is 127. The first-order valence-corrected chi connectivity index (χ1v) is 6.41. The van der Waals surface area contributed by atoms with E-state index in [1.165, 1.54) is 13.2 Å². The zero-order chi connectivity index (χ0) is 16.0. The minimum atomic E-state index is -2.91. The van der Waals surface area contributed by atoms with Gasteiger partial charge in [0.25, 0.3) is 0 Å². The topological polar surface area (TPSA) is 68.9 Å². The normalized spacial score (nSPS) is 11.9. The molecule has 0 atom stereocenters. The van der Waals surface area contributed by atoms with E-state index >= 15 is 0 Å². The van der Waals surface area contributed by atoms with Crippen LogP contribution in [0.5, 0.6) is 11.5 Å². The van der Waals surface area contributed by atoms with Gasteiger partial charge in [-0.15, -0.1) is 24.0 Å². The maximum Gasteiger partial charge on any atom is 0.387 e. The summed E-state index contributed by atoms with van der Waals surface area (Å²) in [6.07, 6.45) is 0. The molecule has 0 amide bonds. The van der Waals surface area contributed by atoms with Gasteiger partial charge in [0.05, 0.1) is 13.7 Å². The number of benzene rings is 1. The zero-order valence-electron chi connectivity index (χ0n) is 13.0. The van der Waals surface area contributed by atoms with Crippen LogP contribution in [0.1, 0.15) is 26.3 Å². The average molecular weight is 429 g/mol. The van der Waals surface area contributed by atoms with Crippen molar-refractivity contribution in [2.45, 2.75) is 39.5 Å². The molecule has 0 aliphatic rings. The number of hydrogen-bond acceptors (Lipinski definition) is 3. The molecule has 0 saturated heterocycles. The van der Waals surface area contributed by atoms with Crippen LogP contribution in [-0.4, -0.2) is 25.2 Å². The number of nitrogens with zero attached hydrogens (tertiary/aromatic N) is 1. The molecule has 0 aliphatic heterocycles. The van der Waals surface area contributed by atoms with Crippen molar-refractivity contribution in [3.63, 3.8) is 0 Å². The fourth-order valence-corrected chi connectivity index (χ4v) is 1.61. The highest BCUT2D eigenvalue weighted by molar-refractivity contribution is 14.0. The second-order valence-electron chi connectivity index (χ2n) is 5.44. The summed E-state index contributed by atoms with van der Waals surface area (Å²) in [5, 5.41) is 3.01. The number of nitrogens with one attached hydrogen (secondary N) is 1. The molecule has 1 rings (SSSR count). The molecule has 8 heteroatoms. The van der Waals surface area contributed by atoms with Gasteiger partial charge in [-0.2, -0.15) is 8.78 Å². The van der Waals surface area contributed by atoms with E-state index in [0.29, 0.717) is 5.56 Å². The van der Waals surface area contributed by atoms with Crippen molar-refractivity contribution in [3.8, 4) is 11.5 Å². The van der Waals surface area contributed by atoms with Crippen LogP contribution in [0, 0.1) is 0 Å². The molecule has 126 valence electrons. The summed E-state index contributed by atoms with van der Waals surface area (Å²) in [6, 6.07) is 4.72. The number of ether oxygens (including phenoxy) is 2. The van der Waals surface area contributed by atoms with E-state index < -0.39 is 6.61 Å². The van der Waals surface area contributed by atoms with Gasteiger partial charge >= 0.3 is 6.61 Å². The fraction of sp³-hybridized carbons (Fsp3) is 0.500. The summed E-state index contributed by atoms with van der Waals surface area (Å²) in [4.78, 5) is 4.15. The number of alkyl halides is 2. The minimum absolute atomic E-state index is 0. The van der Waals surface area contributed by atoms with Crippen LogP contribution in [0.15, 0.2) is 23.2 Å². The predicted molar refractivity (Wildman–Crippen MR) is 93.3 cm³/mol. The fourth-order valence-electron chi connectivity index (χ4n) is 1.61. The SMILES string of the molecule is COc1ccc(CN=C(N)NC(C)(C)C)cc1OC(F)F.I. The number of aliphatic imine (C=N–C) groups is 1. The summed E-state index contributed by atoms with van der Waals surface area (Å²) in [7, 11) is 1.39. The molecule has 0 unspecified atom stereocenters. The minimum Gasteiger partial charge on any atom is -0.493 e. The Bertz CT molecular complexity index is 505. The van der Waals surface area contributed by atoms with E-state index in [-0.39, 0.29) is 53.5 Å². The van der Waals surface area contributed by atoms with Gasteiger partial charge in [0.2, 0.25) is 0 Å². The van der Waals surface area contributed by atoms with E-state index in [0.717, 1.165) is 0 Å². The van der Waals surface area contributed by atoms with E-state index in [9.17, 15) is 8.78 Å². The van der Waals surface area contributed by atoms with Crippen LogP contribution < -0.4 is 20.5 Å². The van der Waals surface area contributed by atoms with Gasteiger partial charge in [-0.05, 0) is 38.5 Å². The second kappa shape index (κ2) is 8.96. The van der Waals surface area contributed by atoms with Gasteiger partial charge in [0.15, 0.2) is 17.5 Å². The molecule has 0 heterocycles. The van der Waals surface area contributed by atoms with Crippen molar-refractivity contribution in [3.05, 3.63) is 23.8 Å². The molecular formula is C14H22F2IN3O2. The Balaban J connectivity index is 0.00000441. The summed E-state index contributed by atoms with van der Waals surface area (Å²) in [5.74, 6) is 0.501. The van der Waals surface area contributed by atoms with Crippen LogP contribution in [0.2, 0.25) is 0 Å². The molecule has 1 aromatic rings. The first kappa shape index (κ1) is 20.7. The summed E-state index contributed by atoms with van der Waals surface area (Å²) in [5.41, 5.74) is 6.23. The van der Waals surface area contributed by atoms with Crippen molar-refractivity contribution < 1.29 is 18.3 Å². The van der Waals surface area contributed by atoms with Gasteiger partial charge in [-0.1, -0.05) is 6.07 Å². The molecule has 0 saturated carbocycles. The van der Waals surface area contributed by atoms with Crippen molar-refractivity contribution in [2.75, 3.05) is 7.11 Å². The maximum atomic E-state index is 12.3. The Labute approximate surface area is 146 Å². The largest absolute Gasteiger partial charge is 0.493 e. The molecule has 1 aromatic carbocycles. The number of halogens is 3. The molecule has 0 aromatic heterocycles. The molecule has 5 nitrogen and oxygen atoms in total. The Morgan fingerprint density at radius 3 is 2.45 bits per heavy atom. The number of methoxy groups -OCH3 is 1. The van der Waals surface area contributed by atoms with Crippen LogP contribution in [0.3, 0.4) is 0 Å². The van der Waals surface area contributed by atoms with Gasteiger partial charge < -0.3 is 20.5 Å². The molecule has 0 aliphatic carbocycles. The van der Waals surface area contributed by atoms with E-state index in [4.69, 9.17) is 10.5 Å². The number of nitrogens with two attached hydrogens (primary N) is 1. The Kier molecular flexibility index (Phi) is 8.43. The Hall–Kier alpha value is -1.32. The van der Waals surface area contributed by atoms with Crippen molar-refractivity contribution >= 4 is 29.9 Å². The first-order chi connectivity index (χ1) is 9.71. The molecule has 0 bridgehead atoms. The highest BCUT2D eigenvalue weighted by Gasteiger charge is 2.12.